The van der Waals surface area contributed by atoms with E-state index in [0.29, 0.717) is 19.5 Å². The second-order valence-corrected chi connectivity index (χ2v) is 7.87. The van der Waals surface area contributed by atoms with Gasteiger partial charge in [-0.3, -0.25) is 4.79 Å². The first kappa shape index (κ1) is 18.4. The highest BCUT2D eigenvalue weighted by atomic mass is 16.3. The van der Waals surface area contributed by atoms with Crippen LogP contribution in [-0.4, -0.2) is 59.6 Å². The molecule has 0 spiro atoms. The number of likely N-dealkylation sites (tertiary alicyclic amines) is 2. The summed E-state index contributed by atoms with van der Waals surface area (Å²) in [6, 6.07) is 8.90. The molecular weight excluding hydrogens is 312 g/mol. The van der Waals surface area contributed by atoms with Crippen molar-refractivity contribution in [3.05, 3.63) is 35.4 Å². The number of rotatable bonds is 7. The van der Waals surface area contributed by atoms with Gasteiger partial charge in [0.05, 0.1) is 6.10 Å². The van der Waals surface area contributed by atoms with Gasteiger partial charge >= 0.3 is 0 Å². The normalized spacial score (nSPS) is 21.0. The summed E-state index contributed by atoms with van der Waals surface area (Å²) in [6.07, 6.45) is 6.07. The minimum Gasteiger partial charge on any atom is -0.390 e. The van der Waals surface area contributed by atoms with Crippen molar-refractivity contribution in [1.29, 1.82) is 0 Å². The fraction of sp³-hybridized carbons (Fsp3) is 0.667. The molecule has 2 fully saturated rings. The molecule has 1 aromatic rings. The molecule has 1 aromatic carbocycles. The molecule has 1 amide bonds. The molecule has 0 bridgehead atoms. The summed E-state index contributed by atoms with van der Waals surface area (Å²) in [5, 5.41) is 10.3. The lowest BCUT2D eigenvalue weighted by Gasteiger charge is -2.34. The van der Waals surface area contributed by atoms with E-state index in [1.165, 1.54) is 36.8 Å². The molecule has 4 heteroatoms. The summed E-state index contributed by atoms with van der Waals surface area (Å²) in [4.78, 5) is 15.8. The van der Waals surface area contributed by atoms with Crippen molar-refractivity contribution < 1.29 is 9.90 Å². The fourth-order valence-electron chi connectivity index (χ4n) is 4.09. The van der Waals surface area contributed by atoms with Crippen molar-refractivity contribution in [3.8, 4) is 0 Å². The lowest BCUT2D eigenvalue weighted by atomic mass is 9.90. The predicted octanol–water partition coefficient (Wildman–Crippen LogP) is 2.62. The van der Waals surface area contributed by atoms with Crippen LogP contribution in [0, 0.1) is 12.8 Å². The second kappa shape index (κ2) is 8.81. The van der Waals surface area contributed by atoms with Gasteiger partial charge in [0.15, 0.2) is 0 Å². The van der Waals surface area contributed by atoms with Gasteiger partial charge < -0.3 is 14.9 Å². The van der Waals surface area contributed by atoms with Gasteiger partial charge in [-0.05, 0) is 63.6 Å². The number of carbonyl (C=O) groups is 1. The van der Waals surface area contributed by atoms with Crippen molar-refractivity contribution in [3.63, 3.8) is 0 Å². The SMILES string of the molecule is Cc1ccc(CCC2CCN(CC(O)CN3CCCC3=O)CC2)cc1. The maximum absolute atomic E-state index is 11.7. The number of carbonyl (C=O) groups excluding carboxylic acids is 1. The summed E-state index contributed by atoms with van der Waals surface area (Å²) < 4.78 is 0. The Balaban J connectivity index is 1.34. The highest BCUT2D eigenvalue weighted by Crippen LogP contribution is 2.23. The summed E-state index contributed by atoms with van der Waals surface area (Å²) >= 11 is 0. The minimum atomic E-state index is -0.411. The van der Waals surface area contributed by atoms with Crippen LogP contribution in [0.4, 0.5) is 0 Å². The van der Waals surface area contributed by atoms with E-state index < -0.39 is 6.10 Å². The van der Waals surface area contributed by atoms with Crippen LogP contribution < -0.4 is 0 Å². The third-order valence-corrected chi connectivity index (χ3v) is 5.74. The first-order valence-electron chi connectivity index (χ1n) is 9.84. The molecule has 2 saturated heterocycles. The average molecular weight is 344 g/mol. The zero-order valence-electron chi connectivity index (χ0n) is 15.5. The minimum absolute atomic E-state index is 0.203. The summed E-state index contributed by atoms with van der Waals surface area (Å²) in [5.74, 6) is 1.00. The molecule has 3 rings (SSSR count). The van der Waals surface area contributed by atoms with E-state index in [9.17, 15) is 9.90 Å². The number of piperidine rings is 1. The standard InChI is InChI=1S/C21H32N2O2/c1-17-4-6-18(7-5-17)8-9-19-10-13-22(14-11-19)15-20(24)16-23-12-2-3-21(23)25/h4-7,19-20,24H,2-3,8-16H2,1H3. The molecule has 1 unspecified atom stereocenters. The van der Waals surface area contributed by atoms with Crippen molar-refractivity contribution in [2.24, 2.45) is 5.92 Å². The van der Waals surface area contributed by atoms with E-state index >= 15 is 0 Å². The van der Waals surface area contributed by atoms with Crippen molar-refractivity contribution in [1.82, 2.24) is 9.80 Å². The lowest BCUT2D eigenvalue weighted by molar-refractivity contribution is -0.129. The lowest BCUT2D eigenvalue weighted by Crippen LogP contribution is -2.43. The molecule has 4 nitrogen and oxygen atoms in total. The molecule has 1 N–H and O–H groups in total. The zero-order valence-corrected chi connectivity index (χ0v) is 15.5. The Hall–Kier alpha value is -1.39. The van der Waals surface area contributed by atoms with Crippen LogP contribution in [0.3, 0.4) is 0 Å². The number of aliphatic hydroxyl groups excluding tert-OH is 1. The Labute approximate surface area is 151 Å². The van der Waals surface area contributed by atoms with Gasteiger partial charge in [0.1, 0.15) is 0 Å². The summed E-state index contributed by atoms with van der Waals surface area (Å²) in [7, 11) is 0. The first-order chi connectivity index (χ1) is 12.1. The highest BCUT2D eigenvalue weighted by molar-refractivity contribution is 5.78. The third kappa shape index (κ3) is 5.55. The summed E-state index contributed by atoms with van der Waals surface area (Å²) in [5.41, 5.74) is 2.77. The smallest absolute Gasteiger partial charge is 0.222 e. The van der Waals surface area contributed by atoms with Gasteiger partial charge in [-0.25, -0.2) is 0 Å². The van der Waals surface area contributed by atoms with Crippen LogP contribution in [0.5, 0.6) is 0 Å². The Bertz CT molecular complexity index is 550. The molecule has 2 aliphatic rings. The molecule has 2 aliphatic heterocycles. The number of benzene rings is 1. The Morgan fingerprint density at radius 1 is 1.12 bits per heavy atom. The number of aryl methyl sites for hydroxylation is 2. The van der Waals surface area contributed by atoms with Crippen LogP contribution in [0.25, 0.3) is 0 Å². The van der Waals surface area contributed by atoms with E-state index in [1.807, 2.05) is 4.90 Å². The molecule has 0 radical (unpaired) electrons. The number of nitrogens with zero attached hydrogens (tertiary/aromatic N) is 2. The number of hydrogen-bond acceptors (Lipinski definition) is 3. The van der Waals surface area contributed by atoms with Crippen LogP contribution in [0.15, 0.2) is 24.3 Å². The molecule has 25 heavy (non-hydrogen) atoms. The maximum Gasteiger partial charge on any atom is 0.222 e. The van der Waals surface area contributed by atoms with E-state index in [1.54, 1.807) is 0 Å². The largest absolute Gasteiger partial charge is 0.390 e. The number of hydrogen-bond donors (Lipinski definition) is 1. The fourth-order valence-corrected chi connectivity index (χ4v) is 4.09. The third-order valence-electron chi connectivity index (χ3n) is 5.74. The molecule has 138 valence electrons. The van der Waals surface area contributed by atoms with Crippen LogP contribution >= 0.6 is 0 Å². The van der Waals surface area contributed by atoms with Gasteiger partial charge in [0.25, 0.3) is 0 Å². The Morgan fingerprint density at radius 2 is 1.84 bits per heavy atom. The molecular formula is C21H32N2O2. The monoisotopic (exact) mass is 344 g/mol. The van der Waals surface area contributed by atoms with Crippen LogP contribution in [0.2, 0.25) is 0 Å². The van der Waals surface area contributed by atoms with E-state index in [2.05, 4.69) is 36.1 Å². The van der Waals surface area contributed by atoms with E-state index in [4.69, 9.17) is 0 Å². The molecule has 0 saturated carbocycles. The molecule has 1 atom stereocenters. The average Bonchev–Trinajstić information content (AvgIpc) is 3.00. The van der Waals surface area contributed by atoms with Crippen molar-refractivity contribution in [2.45, 2.75) is 51.6 Å². The van der Waals surface area contributed by atoms with Crippen molar-refractivity contribution in [2.75, 3.05) is 32.7 Å². The van der Waals surface area contributed by atoms with E-state index in [-0.39, 0.29) is 5.91 Å². The second-order valence-electron chi connectivity index (χ2n) is 7.87. The van der Waals surface area contributed by atoms with Crippen LogP contribution in [-0.2, 0) is 11.2 Å². The van der Waals surface area contributed by atoms with Gasteiger partial charge in [0.2, 0.25) is 5.91 Å². The number of aliphatic hydroxyl groups is 1. The highest BCUT2D eigenvalue weighted by Gasteiger charge is 2.25. The van der Waals surface area contributed by atoms with Gasteiger partial charge in [-0.2, -0.15) is 0 Å². The molecule has 2 heterocycles. The van der Waals surface area contributed by atoms with Crippen molar-refractivity contribution >= 4 is 5.91 Å². The number of β-amino-alcohol motifs (C(OH)–C–C–N with tert-alkyl or cyclic N) is 1. The number of amides is 1. The maximum atomic E-state index is 11.7. The Kier molecular flexibility index (Phi) is 6.49. The van der Waals surface area contributed by atoms with E-state index in [0.717, 1.165) is 32.0 Å². The van der Waals surface area contributed by atoms with Gasteiger partial charge in [-0.15, -0.1) is 0 Å². The topological polar surface area (TPSA) is 43.8 Å². The Morgan fingerprint density at radius 3 is 2.48 bits per heavy atom. The van der Waals surface area contributed by atoms with Gasteiger partial charge in [-0.1, -0.05) is 29.8 Å². The first-order valence-corrected chi connectivity index (χ1v) is 9.84. The van der Waals surface area contributed by atoms with Crippen LogP contribution in [0.1, 0.15) is 43.2 Å². The molecule has 0 aliphatic carbocycles. The van der Waals surface area contributed by atoms with Gasteiger partial charge in [0, 0.05) is 26.1 Å². The summed E-state index contributed by atoms with van der Waals surface area (Å²) in [6.45, 7) is 6.30. The molecule has 0 aromatic heterocycles. The quantitative estimate of drug-likeness (QED) is 0.827. The zero-order chi connectivity index (χ0) is 17.6. The predicted molar refractivity (Wildman–Crippen MR) is 100 cm³/mol.